The molecular formula is C26H27ClFN5O3. The minimum absolute atomic E-state index is 0.0509. The summed E-state index contributed by atoms with van der Waals surface area (Å²) >= 11 is 6.00. The van der Waals surface area contributed by atoms with E-state index in [0.717, 1.165) is 18.5 Å². The van der Waals surface area contributed by atoms with Crippen molar-refractivity contribution in [3.8, 4) is 11.3 Å². The molecule has 3 aromatic rings. The second kappa shape index (κ2) is 11.0. The van der Waals surface area contributed by atoms with E-state index >= 15 is 4.39 Å². The second-order valence-corrected chi connectivity index (χ2v) is 9.20. The quantitative estimate of drug-likeness (QED) is 0.464. The van der Waals surface area contributed by atoms with Gasteiger partial charge in [-0.3, -0.25) is 9.59 Å². The van der Waals surface area contributed by atoms with E-state index in [1.165, 1.54) is 12.1 Å². The Morgan fingerprint density at radius 2 is 2.00 bits per heavy atom. The fourth-order valence-corrected chi connectivity index (χ4v) is 4.55. The van der Waals surface area contributed by atoms with Gasteiger partial charge in [0.05, 0.1) is 30.1 Å². The van der Waals surface area contributed by atoms with E-state index in [0.29, 0.717) is 34.9 Å². The van der Waals surface area contributed by atoms with Crippen LogP contribution in [0.4, 0.5) is 10.2 Å². The molecule has 8 nitrogen and oxygen atoms in total. The maximum absolute atomic E-state index is 15.0. The first-order valence-electron chi connectivity index (χ1n) is 11.6. The molecule has 1 fully saturated rings. The summed E-state index contributed by atoms with van der Waals surface area (Å²) in [7, 11) is 0. The van der Waals surface area contributed by atoms with Crippen LogP contribution in [0.2, 0.25) is 5.02 Å². The first kappa shape index (κ1) is 25.5. The molecule has 1 aromatic heterocycles. The molecule has 0 aliphatic carbocycles. The molecule has 10 heteroatoms. The lowest BCUT2D eigenvalue weighted by Crippen LogP contribution is -2.36. The lowest BCUT2D eigenvalue weighted by atomic mass is 9.93. The number of aliphatic hydroxyl groups is 1. The molecule has 2 amide bonds. The molecule has 1 aliphatic heterocycles. The lowest BCUT2D eigenvalue weighted by molar-refractivity contribution is -0.129. The molecule has 1 unspecified atom stereocenters. The van der Waals surface area contributed by atoms with E-state index in [-0.39, 0.29) is 29.8 Å². The van der Waals surface area contributed by atoms with Gasteiger partial charge in [-0.25, -0.2) is 14.4 Å². The van der Waals surface area contributed by atoms with Crippen molar-refractivity contribution in [1.29, 1.82) is 0 Å². The Hall–Kier alpha value is -3.56. The highest BCUT2D eigenvalue weighted by atomic mass is 35.5. The number of carbonyl (C=O) groups is 2. The third-order valence-corrected chi connectivity index (χ3v) is 6.64. The second-order valence-electron chi connectivity index (χ2n) is 8.77. The van der Waals surface area contributed by atoms with E-state index in [4.69, 9.17) is 17.3 Å². The van der Waals surface area contributed by atoms with Crippen molar-refractivity contribution in [3.05, 3.63) is 76.3 Å². The Labute approximate surface area is 213 Å². The van der Waals surface area contributed by atoms with Gasteiger partial charge >= 0.3 is 0 Å². The lowest BCUT2D eigenvalue weighted by Gasteiger charge is -2.31. The van der Waals surface area contributed by atoms with Crippen LogP contribution < -0.4 is 11.1 Å². The number of nitrogens with zero attached hydrogens (tertiary/aromatic N) is 3. The van der Waals surface area contributed by atoms with Crippen molar-refractivity contribution in [2.75, 3.05) is 25.4 Å². The molecule has 0 radical (unpaired) electrons. The number of hydrogen-bond donors (Lipinski definition) is 3. The van der Waals surface area contributed by atoms with E-state index in [9.17, 15) is 14.7 Å². The van der Waals surface area contributed by atoms with Gasteiger partial charge in [-0.1, -0.05) is 29.8 Å². The van der Waals surface area contributed by atoms with Gasteiger partial charge in [0.15, 0.2) is 0 Å². The highest BCUT2D eigenvalue weighted by molar-refractivity contribution is 6.30. The van der Waals surface area contributed by atoms with Gasteiger partial charge in [0.25, 0.3) is 5.91 Å². The number of piperidine rings is 1. The normalized spacial score (nSPS) is 14.9. The van der Waals surface area contributed by atoms with E-state index < -0.39 is 17.8 Å². The number of nitrogens with two attached hydrogens (primary N) is 1. The highest BCUT2D eigenvalue weighted by Crippen LogP contribution is 2.31. The number of rotatable bonds is 6. The fraction of sp³-hybridized carbons (Fsp3) is 0.308. The highest BCUT2D eigenvalue weighted by Gasteiger charge is 2.25. The van der Waals surface area contributed by atoms with Gasteiger partial charge in [-0.05, 0) is 42.7 Å². The number of anilines is 1. The molecular weight excluding hydrogens is 485 g/mol. The number of likely N-dealkylation sites (tertiary alicyclic amines) is 1. The van der Waals surface area contributed by atoms with Crippen LogP contribution in [0.25, 0.3) is 11.3 Å². The first-order chi connectivity index (χ1) is 17.3. The fourth-order valence-electron chi connectivity index (χ4n) is 4.35. The number of nitrogen functional groups attached to an aromatic ring is 1. The van der Waals surface area contributed by atoms with Crippen LogP contribution in [0.15, 0.2) is 48.7 Å². The summed E-state index contributed by atoms with van der Waals surface area (Å²) in [5.41, 5.74) is 7.93. The number of hydrogen-bond acceptors (Lipinski definition) is 6. The maximum atomic E-state index is 15.0. The minimum atomic E-state index is -0.755. The van der Waals surface area contributed by atoms with Crippen LogP contribution in [0.5, 0.6) is 0 Å². The molecule has 2 heterocycles. The van der Waals surface area contributed by atoms with Crippen molar-refractivity contribution in [2.45, 2.75) is 31.7 Å². The smallest absolute Gasteiger partial charge is 0.254 e. The summed E-state index contributed by atoms with van der Waals surface area (Å²) in [6, 6.07) is 10.1. The third kappa shape index (κ3) is 5.63. The van der Waals surface area contributed by atoms with Gasteiger partial charge in [0, 0.05) is 36.5 Å². The Morgan fingerprint density at radius 3 is 2.64 bits per heavy atom. The third-order valence-electron chi connectivity index (χ3n) is 6.40. The van der Waals surface area contributed by atoms with Crippen LogP contribution >= 0.6 is 11.6 Å². The van der Waals surface area contributed by atoms with Crippen molar-refractivity contribution in [2.24, 2.45) is 0 Å². The molecule has 4 rings (SSSR count). The molecule has 1 aliphatic rings. The van der Waals surface area contributed by atoms with E-state index in [1.54, 1.807) is 48.4 Å². The molecule has 4 N–H and O–H groups in total. The average Bonchev–Trinajstić information content (AvgIpc) is 2.87. The summed E-state index contributed by atoms with van der Waals surface area (Å²) < 4.78 is 15.0. The van der Waals surface area contributed by atoms with Crippen LogP contribution in [-0.2, 0) is 4.79 Å². The zero-order valence-electron chi connectivity index (χ0n) is 19.7. The number of aromatic nitrogens is 2. The monoisotopic (exact) mass is 511 g/mol. The predicted molar refractivity (Wildman–Crippen MR) is 135 cm³/mol. The zero-order valence-corrected chi connectivity index (χ0v) is 20.5. The van der Waals surface area contributed by atoms with Gasteiger partial charge in [-0.2, -0.15) is 0 Å². The molecule has 2 aromatic carbocycles. The predicted octanol–water partition coefficient (Wildman–Crippen LogP) is 3.71. The summed E-state index contributed by atoms with van der Waals surface area (Å²) in [5, 5.41) is 12.8. The Kier molecular flexibility index (Phi) is 7.81. The molecule has 0 bridgehead atoms. The summed E-state index contributed by atoms with van der Waals surface area (Å²) in [4.78, 5) is 35.1. The Balaban J connectivity index is 1.53. The van der Waals surface area contributed by atoms with E-state index in [2.05, 4.69) is 15.3 Å². The SMILES string of the molecule is CC(=O)N1CCC(c2cnc(N)c(-c3ccc(C(=O)NC(CO)c4cccc(Cl)c4)c(F)c3)n2)CC1. The molecule has 36 heavy (non-hydrogen) atoms. The van der Waals surface area contributed by atoms with Crippen molar-refractivity contribution < 1.29 is 19.1 Å². The number of nitrogens with one attached hydrogen (secondary N) is 1. The van der Waals surface area contributed by atoms with Gasteiger partial charge in [-0.15, -0.1) is 0 Å². The molecule has 1 atom stereocenters. The van der Waals surface area contributed by atoms with Crippen LogP contribution in [-0.4, -0.2) is 51.5 Å². The van der Waals surface area contributed by atoms with Gasteiger partial charge in [0.2, 0.25) is 5.91 Å². The topological polar surface area (TPSA) is 121 Å². The average molecular weight is 512 g/mol. The molecule has 0 saturated carbocycles. The maximum Gasteiger partial charge on any atom is 0.254 e. The van der Waals surface area contributed by atoms with Crippen LogP contribution in [0, 0.1) is 5.82 Å². The van der Waals surface area contributed by atoms with Gasteiger partial charge in [0.1, 0.15) is 17.3 Å². The van der Waals surface area contributed by atoms with Crippen molar-refractivity contribution in [1.82, 2.24) is 20.2 Å². The largest absolute Gasteiger partial charge is 0.394 e. The van der Waals surface area contributed by atoms with Crippen molar-refractivity contribution >= 4 is 29.2 Å². The molecule has 0 spiro atoms. The van der Waals surface area contributed by atoms with Crippen molar-refractivity contribution in [3.63, 3.8) is 0 Å². The number of aliphatic hydroxyl groups excluding tert-OH is 1. The summed E-state index contributed by atoms with van der Waals surface area (Å²) in [6.07, 6.45) is 3.13. The molecule has 1 saturated heterocycles. The number of carbonyl (C=O) groups excluding carboxylic acids is 2. The number of amides is 2. The van der Waals surface area contributed by atoms with E-state index in [1.807, 2.05) is 0 Å². The molecule has 188 valence electrons. The van der Waals surface area contributed by atoms with Crippen LogP contribution in [0.3, 0.4) is 0 Å². The van der Waals surface area contributed by atoms with Crippen LogP contribution in [0.1, 0.15) is 53.3 Å². The summed E-state index contributed by atoms with van der Waals surface area (Å²) in [5.74, 6) is -1.12. The number of halogens is 2. The number of benzene rings is 2. The minimum Gasteiger partial charge on any atom is -0.394 e. The Bertz CT molecular complexity index is 1280. The van der Waals surface area contributed by atoms with Gasteiger partial charge < -0.3 is 21.1 Å². The summed E-state index contributed by atoms with van der Waals surface area (Å²) in [6.45, 7) is 2.46. The standard InChI is InChI=1S/C26H27ClFN5O3/c1-15(35)33-9-7-16(8-10-33)22-13-30-25(29)24(31-22)18-5-6-20(21(28)12-18)26(36)32-23(14-34)17-3-2-4-19(27)11-17/h2-6,11-13,16,23,34H,7-10,14H2,1H3,(H2,29,30)(H,32,36). The Morgan fingerprint density at radius 1 is 1.25 bits per heavy atom. The zero-order chi connectivity index (χ0) is 25.8. The first-order valence-corrected chi connectivity index (χ1v) is 12.0.